The third-order valence-corrected chi connectivity index (χ3v) is 6.70. The quantitative estimate of drug-likeness (QED) is 0.847. The van der Waals surface area contributed by atoms with Gasteiger partial charge in [-0.15, -0.1) is 12.4 Å². The highest BCUT2D eigenvalue weighted by Crippen LogP contribution is 2.65. The van der Waals surface area contributed by atoms with Gasteiger partial charge in [0.1, 0.15) is 5.82 Å². The van der Waals surface area contributed by atoms with Crippen molar-refractivity contribution in [3.05, 3.63) is 35.6 Å². The fourth-order valence-electron chi connectivity index (χ4n) is 5.07. The Balaban J connectivity index is 0.00000169. The highest BCUT2D eigenvalue weighted by Gasteiger charge is 2.68. The molecule has 5 rings (SSSR count). The lowest BCUT2D eigenvalue weighted by atomic mass is 9.43. The summed E-state index contributed by atoms with van der Waals surface area (Å²) in [5.41, 5.74) is 7.47. The number of nitrogens with two attached hydrogens (primary N) is 1. The van der Waals surface area contributed by atoms with Crippen LogP contribution in [0.25, 0.3) is 0 Å². The van der Waals surface area contributed by atoms with Crippen LogP contribution in [0.15, 0.2) is 24.3 Å². The Morgan fingerprint density at radius 1 is 1.25 bits per heavy atom. The maximum Gasteiger partial charge on any atom is 0.475 e. The summed E-state index contributed by atoms with van der Waals surface area (Å²) in [6.07, 6.45) is 3.09. The molecule has 5 atom stereocenters. The molecule has 132 valence electrons. The molecule has 1 aliphatic heterocycles. The first kappa shape index (κ1) is 18.2. The van der Waals surface area contributed by atoms with Crippen molar-refractivity contribution in [2.75, 3.05) is 0 Å². The minimum atomic E-state index is -0.370. The third-order valence-electron chi connectivity index (χ3n) is 6.70. The van der Waals surface area contributed by atoms with Gasteiger partial charge in [-0.05, 0) is 61.1 Å². The lowest BCUT2D eigenvalue weighted by Gasteiger charge is -2.64. The third kappa shape index (κ3) is 2.61. The van der Waals surface area contributed by atoms with E-state index in [0.29, 0.717) is 17.8 Å². The van der Waals surface area contributed by atoms with Crippen molar-refractivity contribution in [2.24, 2.45) is 23.0 Å². The molecule has 2 bridgehead atoms. The van der Waals surface area contributed by atoms with Gasteiger partial charge in [0.15, 0.2) is 0 Å². The van der Waals surface area contributed by atoms with E-state index < -0.39 is 0 Å². The normalized spacial score (nSPS) is 37.2. The van der Waals surface area contributed by atoms with Gasteiger partial charge in [0.25, 0.3) is 0 Å². The predicted octanol–water partition coefficient (Wildman–Crippen LogP) is 3.38. The Kier molecular flexibility index (Phi) is 4.53. The maximum absolute atomic E-state index is 13.0. The highest BCUT2D eigenvalue weighted by molar-refractivity contribution is 6.47. The van der Waals surface area contributed by atoms with E-state index in [9.17, 15) is 4.39 Å². The molecule has 1 saturated heterocycles. The molecule has 3 saturated carbocycles. The standard InChI is InChI=1S/C18H25BFNO2.ClH/c1-17(2)12-9-14(17)18(3)15(10-12)22-19(23-18)16(21)8-11-4-6-13(20)7-5-11;/h4-7,12,14-16H,8-10,21H2,1-3H3;1H/t12-,14-,15+,16?,18-;/m0./s1. The van der Waals surface area contributed by atoms with Crippen molar-refractivity contribution >= 4 is 19.5 Å². The first-order valence-electron chi connectivity index (χ1n) is 8.64. The maximum atomic E-state index is 13.0. The Bertz CT molecular complexity index is 614. The molecule has 0 amide bonds. The molecular weight excluding hydrogens is 327 g/mol. The first-order valence-corrected chi connectivity index (χ1v) is 8.64. The number of halogens is 2. The number of hydrogen-bond donors (Lipinski definition) is 1. The van der Waals surface area contributed by atoms with E-state index in [1.807, 2.05) is 0 Å². The van der Waals surface area contributed by atoms with Gasteiger partial charge in [0.2, 0.25) is 0 Å². The monoisotopic (exact) mass is 353 g/mol. The molecule has 1 aromatic carbocycles. The van der Waals surface area contributed by atoms with Crippen LogP contribution in [0.5, 0.6) is 0 Å². The molecule has 1 aromatic rings. The van der Waals surface area contributed by atoms with Gasteiger partial charge in [0, 0.05) is 5.94 Å². The average molecular weight is 354 g/mol. The molecule has 1 unspecified atom stereocenters. The summed E-state index contributed by atoms with van der Waals surface area (Å²) >= 11 is 0. The fourth-order valence-corrected chi connectivity index (χ4v) is 5.07. The van der Waals surface area contributed by atoms with Gasteiger partial charge in [-0.3, -0.25) is 0 Å². The van der Waals surface area contributed by atoms with Crippen molar-refractivity contribution in [2.45, 2.75) is 57.7 Å². The minimum absolute atomic E-state index is 0. The van der Waals surface area contributed by atoms with Gasteiger partial charge in [-0.2, -0.15) is 0 Å². The fraction of sp³-hybridized carbons (Fsp3) is 0.667. The summed E-state index contributed by atoms with van der Waals surface area (Å²) in [5, 5.41) is 0. The Morgan fingerprint density at radius 2 is 1.92 bits per heavy atom. The molecule has 0 radical (unpaired) electrons. The molecule has 6 heteroatoms. The lowest BCUT2D eigenvalue weighted by molar-refractivity contribution is -0.199. The van der Waals surface area contributed by atoms with Crippen LogP contribution >= 0.6 is 12.4 Å². The van der Waals surface area contributed by atoms with Crippen LogP contribution in [0.2, 0.25) is 0 Å². The van der Waals surface area contributed by atoms with E-state index in [4.69, 9.17) is 15.0 Å². The predicted molar refractivity (Wildman–Crippen MR) is 95.4 cm³/mol. The SMILES string of the molecule is CC1(C)[C@@H]2C[C@H]3OB(C(N)Cc4ccc(F)cc4)O[C@@]3(C)[C@H]1C2.Cl. The molecule has 24 heavy (non-hydrogen) atoms. The number of benzene rings is 1. The summed E-state index contributed by atoms with van der Waals surface area (Å²) in [6, 6.07) is 6.49. The molecule has 0 spiro atoms. The van der Waals surface area contributed by atoms with Gasteiger partial charge in [0.05, 0.1) is 11.7 Å². The largest absolute Gasteiger partial charge is 0.475 e. The second-order valence-corrected chi connectivity index (χ2v) is 8.33. The molecule has 2 N–H and O–H groups in total. The van der Waals surface area contributed by atoms with Gasteiger partial charge < -0.3 is 15.0 Å². The van der Waals surface area contributed by atoms with Crippen LogP contribution < -0.4 is 5.73 Å². The summed E-state index contributed by atoms with van der Waals surface area (Å²) in [7, 11) is -0.370. The first-order chi connectivity index (χ1) is 10.8. The smallest absolute Gasteiger partial charge is 0.404 e. The van der Waals surface area contributed by atoms with Crippen molar-refractivity contribution in [1.82, 2.24) is 0 Å². The molecule has 1 heterocycles. The summed E-state index contributed by atoms with van der Waals surface area (Å²) in [4.78, 5) is 0. The second kappa shape index (κ2) is 5.98. The molecule has 0 aromatic heterocycles. The van der Waals surface area contributed by atoms with Crippen LogP contribution in [-0.4, -0.2) is 24.8 Å². The Labute approximate surface area is 150 Å². The molecule has 3 aliphatic carbocycles. The van der Waals surface area contributed by atoms with Crippen molar-refractivity contribution in [3.63, 3.8) is 0 Å². The van der Waals surface area contributed by atoms with E-state index in [1.54, 1.807) is 12.1 Å². The zero-order valence-electron chi connectivity index (χ0n) is 14.5. The van der Waals surface area contributed by atoms with Crippen molar-refractivity contribution in [1.29, 1.82) is 0 Å². The Morgan fingerprint density at radius 3 is 2.54 bits per heavy atom. The van der Waals surface area contributed by atoms with Crippen LogP contribution in [0.3, 0.4) is 0 Å². The van der Waals surface area contributed by atoms with E-state index in [-0.39, 0.29) is 43.0 Å². The average Bonchev–Trinajstić information content (AvgIpc) is 2.86. The lowest BCUT2D eigenvalue weighted by Crippen LogP contribution is -2.65. The molecule has 4 aliphatic rings. The zero-order valence-corrected chi connectivity index (χ0v) is 15.3. The van der Waals surface area contributed by atoms with Crippen LogP contribution in [0.1, 0.15) is 39.2 Å². The second-order valence-electron chi connectivity index (χ2n) is 8.33. The number of rotatable bonds is 3. The van der Waals surface area contributed by atoms with Gasteiger partial charge in [-0.25, -0.2) is 4.39 Å². The van der Waals surface area contributed by atoms with Crippen molar-refractivity contribution < 1.29 is 13.7 Å². The summed E-state index contributed by atoms with van der Waals surface area (Å²) in [6.45, 7) is 6.90. The van der Waals surface area contributed by atoms with E-state index in [1.165, 1.54) is 18.6 Å². The summed E-state index contributed by atoms with van der Waals surface area (Å²) < 4.78 is 25.6. The van der Waals surface area contributed by atoms with E-state index in [0.717, 1.165) is 17.9 Å². The van der Waals surface area contributed by atoms with Gasteiger partial charge >= 0.3 is 7.12 Å². The van der Waals surface area contributed by atoms with Crippen LogP contribution in [0.4, 0.5) is 4.39 Å². The van der Waals surface area contributed by atoms with E-state index >= 15 is 0 Å². The van der Waals surface area contributed by atoms with Crippen molar-refractivity contribution in [3.8, 4) is 0 Å². The molecular formula is C18H26BClFNO2. The highest BCUT2D eigenvalue weighted by atomic mass is 35.5. The molecule has 3 nitrogen and oxygen atoms in total. The van der Waals surface area contributed by atoms with Crippen LogP contribution in [0, 0.1) is 23.1 Å². The Hall–Kier alpha value is -0.615. The topological polar surface area (TPSA) is 44.5 Å². The molecule has 4 fully saturated rings. The summed E-state index contributed by atoms with van der Waals surface area (Å²) in [5.74, 6) is 0.822. The van der Waals surface area contributed by atoms with Crippen LogP contribution in [-0.2, 0) is 15.7 Å². The van der Waals surface area contributed by atoms with E-state index in [2.05, 4.69) is 20.8 Å². The number of hydrogen-bond acceptors (Lipinski definition) is 3. The minimum Gasteiger partial charge on any atom is -0.404 e. The van der Waals surface area contributed by atoms with Gasteiger partial charge in [-0.1, -0.05) is 26.0 Å². The zero-order chi connectivity index (χ0) is 16.4.